The van der Waals surface area contributed by atoms with Crippen LogP contribution < -0.4 is 35.0 Å². The molecule has 3 aromatic carbocycles. The van der Waals surface area contributed by atoms with E-state index in [1.165, 1.54) is 20.4 Å². The number of nitrogens with zero attached hydrogens (tertiary/aromatic N) is 1. The summed E-state index contributed by atoms with van der Waals surface area (Å²) < 4.78 is 27.8. The lowest BCUT2D eigenvalue weighted by Gasteiger charge is -2.28. The van der Waals surface area contributed by atoms with Crippen molar-refractivity contribution >= 4 is 35.7 Å². The zero-order chi connectivity index (χ0) is 32.3. The standard InChI is InChI=1S/C32H33ClN4O8/c1-5-43-31(39)28-19(2)35-32(40)36-29(28)21-12-13-24(26(15-21)42-4)44-18-27(38)37-34-16-22-9-7-11-25(41-3)30(22)45-17-20-8-6-10-23(33)14-20/h6-16,29H,5,17-18H2,1-4H3,(H,37,38)(H2,35,36,40)/b34-16+/t29-/m0/s1. The molecular weight excluding hydrogens is 604 g/mol. The van der Waals surface area contributed by atoms with Gasteiger partial charge in [-0.05, 0) is 61.4 Å². The number of allylic oxidation sites excluding steroid dienone is 1. The fraction of sp³-hybridized carbons (Fsp3) is 0.250. The molecule has 45 heavy (non-hydrogen) atoms. The Morgan fingerprint density at radius 1 is 1.00 bits per heavy atom. The highest BCUT2D eigenvalue weighted by Crippen LogP contribution is 2.35. The number of benzene rings is 3. The molecule has 0 radical (unpaired) electrons. The van der Waals surface area contributed by atoms with Crippen LogP contribution in [0.3, 0.4) is 0 Å². The predicted octanol–water partition coefficient (Wildman–Crippen LogP) is 4.66. The third kappa shape index (κ3) is 8.45. The smallest absolute Gasteiger partial charge is 0.338 e. The van der Waals surface area contributed by atoms with Crippen LogP contribution >= 0.6 is 11.6 Å². The summed E-state index contributed by atoms with van der Waals surface area (Å²) >= 11 is 6.08. The summed E-state index contributed by atoms with van der Waals surface area (Å²) in [7, 11) is 2.97. The van der Waals surface area contributed by atoms with Crippen LogP contribution in [0.2, 0.25) is 5.02 Å². The fourth-order valence-corrected chi connectivity index (χ4v) is 4.70. The molecule has 0 spiro atoms. The minimum Gasteiger partial charge on any atom is -0.493 e. The number of methoxy groups -OCH3 is 2. The van der Waals surface area contributed by atoms with Crippen molar-refractivity contribution in [3.8, 4) is 23.0 Å². The SMILES string of the molecule is CCOC(=O)C1=C(C)NC(=O)N[C@H]1c1ccc(OCC(=O)N/N=C/c2cccc(OC)c2OCc2cccc(Cl)c2)c(OC)c1. The normalized spacial score (nSPS) is 14.3. The highest BCUT2D eigenvalue weighted by atomic mass is 35.5. The number of hydrogen-bond acceptors (Lipinski definition) is 9. The maximum atomic E-state index is 12.6. The number of carbonyl (C=O) groups excluding carboxylic acids is 3. The maximum Gasteiger partial charge on any atom is 0.338 e. The van der Waals surface area contributed by atoms with E-state index in [-0.39, 0.29) is 36.9 Å². The Bertz CT molecular complexity index is 1620. The van der Waals surface area contributed by atoms with E-state index < -0.39 is 23.9 Å². The molecule has 0 unspecified atom stereocenters. The number of amides is 3. The van der Waals surface area contributed by atoms with Crippen LogP contribution in [0.4, 0.5) is 4.79 Å². The number of hydrogen-bond donors (Lipinski definition) is 3. The fourth-order valence-electron chi connectivity index (χ4n) is 4.49. The third-order valence-electron chi connectivity index (χ3n) is 6.54. The summed E-state index contributed by atoms with van der Waals surface area (Å²) in [5.41, 5.74) is 5.07. The van der Waals surface area contributed by atoms with Gasteiger partial charge in [0.05, 0.1) is 38.7 Å². The van der Waals surface area contributed by atoms with Crippen molar-refractivity contribution in [1.82, 2.24) is 16.1 Å². The van der Waals surface area contributed by atoms with E-state index in [9.17, 15) is 14.4 Å². The van der Waals surface area contributed by atoms with Gasteiger partial charge >= 0.3 is 12.0 Å². The molecule has 1 aliphatic heterocycles. The van der Waals surface area contributed by atoms with Gasteiger partial charge in [0, 0.05) is 16.3 Å². The Labute approximate surface area is 265 Å². The van der Waals surface area contributed by atoms with Crippen molar-refractivity contribution in [1.29, 1.82) is 0 Å². The lowest BCUT2D eigenvalue weighted by Crippen LogP contribution is -2.45. The van der Waals surface area contributed by atoms with Gasteiger partial charge in [0.2, 0.25) is 0 Å². The first-order chi connectivity index (χ1) is 21.7. The minimum atomic E-state index is -0.783. The number of para-hydroxylation sites is 1. The van der Waals surface area contributed by atoms with E-state index >= 15 is 0 Å². The topological polar surface area (TPSA) is 146 Å². The summed E-state index contributed by atoms with van der Waals surface area (Å²) in [5.74, 6) is 0.405. The van der Waals surface area contributed by atoms with Gasteiger partial charge < -0.3 is 34.3 Å². The van der Waals surface area contributed by atoms with Crippen LogP contribution in [0, 0.1) is 0 Å². The zero-order valence-electron chi connectivity index (χ0n) is 25.1. The van der Waals surface area contributed by atoms with Crippen LogP contribution in [-0.2, 0) is 20.9 Å². The van der Waals surface area contributed by atoms with E-state index in [1.54, 1.807) is 62.4 Å². The number of halogens is 1. The van der Waals surface area contributed by atoms with Crippen LogP contribution in [0.5, 0.6) is 23.0 Å². The molecule has 4 rings (SSSR count). The molecule has 0 aliphatic carbocycles. The summed E-state index contributed by atoms with van der Waals surface area (Å²) in [5, 5.41) is 9.97. The summed E-state index contributed by atoms with van der Waals surface area (Å²) in [4.78, 5) is 37.4. The number of ether oxygens (including phenoxy) is 5. The molecule has 0 bridgehead atoms. The van der Waals surface area contributed by atoms with E-state index in [4.69, 9.17) is 35.3 Å². The van der Waals surface area contributed by atoms with Gasteiger partial charge in [-0.3, -0.25) is 4.79 Å². The molecule has 1 atom stereocenters. The first-order valence-corrected chi connectivity index (χ1v) is 14.2. The largest absolute Gasteiger partial charge is 0.493 e. The van der Waals surface area contributed by atoms with Crippen molar-refractivity contribution in [3.05, 3.63) is 93.6 Å². The predicted molar refractivity (Wildman–Crippen MR) is 167 cm³/mol. The van der Waals surface area contributed by atoms with E-state index in [2.05, 4.69) is 21.2 Å². The van der Waals surface area contributed by atoms with Gasteiger partial charge in [-0.15, -0.1) is 0 Å². The third-order valence-corrected chi connectivity index (χ3v) is 6.77. The van der Waals surface area contributed by atoms with Crippen LogP contribution in [0.1, 0.15) is 36.6 Å². The highest BCUT2D eigenvalue weighted by molar-refractivity contribution is 6.30. The number of carbonyl (C=O) groups is 3. The number of hydrazone groups is 1. The Hall–Kier alpha value is -5.23. The summed E-state index contributed by atoms with van der Waals surface area (Å²) in [6.07, 6.45) is 1.44. The second-order valence-corrected chi connectivity index (χ2v) is 10.0. The molecule has 0 aromatic heterocycles. The van der Waals surface area contributed by atoms with Crippen LogP contribution in [0.25, 0.3) is 0 Å². The number of esters is 1. The number of urea groups is 1. The first kappa shape index (κ1) is 32.7. The second kappa shape index (κ2) is 15.5. The quantitative estimate of drug-likeness (QED) is 0.140. The molecular formula is C32H33ClN4O8. The first-order valence-electron chi connectivity index (χ1n) is 13.9. The molecule has 3 amide bonds. The molecule has 1 aliphatic rings. The Kier molecular flexibility index (Phi) is 11.2. The Balaban J connectivity index is 1.41. The van der Waals surface area contributed by atoms with Gasteiger partial charge in [-0.25, -0.2) is 15.0 Å². The lowest BCUT2D eigenvalue weighted by molar-refractivity contribution is -0.139. The molecule has 12 nitrogen and oxygen atoms in total. The van der Waals surface area contributed by atoms with Gasteiger partial charge in [-0.2, -0.15) is 5.10 Å². The van der Waals surface area contributed by atoms with E-state index in [1.807, 2.05) is 12.1 Å². The Morgan fingerprint density at radius 2 is 1.78 bits per heavy atom. The minimum absolute atomic E-state index is 0.178. The maximum absolute atomic E-state index is 12.6. The second-order valence-electron chi connectivity index (χ2n) is 9.58. The molecule has 1 heterocycles. The van der Waals surface area contributed by atoms with Crippen molar-refractivity contribution < 1.29 is 38.1 Å². The van der Waals surface area contributed by atoms with Crippen molar-refractivity contribution in [2.45, 2.75) is 26.5 Å². The number of rotatable bonds is 13. The average molecular weight is 637 g/mol. The molecule has 0 saturated carbocycles. The van der Waals surface area contributed by atoms with Crippen LogP contribution in [0.15, 0.2) is 77.0 Å². The molecule has 236 valence electrons. The summed E-state index contributed by atoms with van der Waals surface area (Å²) in [6.45, 7) is 3.37. The van der Waals surface area contributed by atoms with Gasteiger partial charge in [-0.1, -0.05) is 35.9 Å². The van der Waals surface area contributed by atoms with E-state index in [0.29, 0.717) is 33.3 Å². The van der Waals surface area contributed by atoms with Crippen molar-refractivity contribution in [2.75, 3.05) is 27.4 Å². The zero-order valence-corrected chi connectivity index (χ0v) is 25.9. The molecule has 0 fully saturated rings. The van der Waals surface area contributed by atoms with Crippen molar-refractivity contribution in [2.24, 2.45) is 5.10 Å². The molecule has 13 heteroatoms. The van der Waals surface area contributed by atoms with Crippen LogP contribution in [-0.4, -0.2) is 51.6 Å². The van der Waals surface area contributed by atoms with E-state index in [0.717, 1.165) is 5.56 Å². The monoisotopic (exact) mass is 636 g/mol. The van der Waals surface area contributed by atoms with Crippen molar-refractivity contribution in [3.63, 3.8) is 0 Å². The molecule has 0 saturated heterocycles. The van der Waals surface area contributed by atoms with Gasteiger partial charge in [0.25, 0.3) is 5.91 Å². The van der Waals surface area contributed by atoms with Gasteiger partial charge in [0.1, 0.15) is 6.61 Å². The Morgan fingerprint density at radius 3 is 2.51 bits per heavy atom. The number of nitrogens with one attached hydrogen (secondary N) is 3. The summed E-state index contributed by atoms with van der Waals surface area (Å²) in [6, 6.07) is 16.2. The van der Waals surface area contributed by atoms with Gasteiger partial charge in [0.15, 0.2) is 29.6 Å². The average Bonchev–Trinajstić information content (AvgIpc) is 3.02. The molecule has 3 N–H and O–H groups in total. The molecule has 3 aromatic rings. The highest BCUT2D eigenvalue weighted by Gasteiger charge is 2.32. The lowest BCUT2D eigenvalue weighted by atomic mass is 9.95.